The van der Waals surface area contributed by atoms with E-state index in [1.807, 2.05) is 50.2 Å². The van der Waals surface area contributed by atoms with Gasteiger partial charge in [-0.1, -0.05) is 48.0 Å². The minimum absolute atomic E-state index is 0.0308. The van der Waals surface area contributed by atoms with Crippen molar-refractivity contribution >= 4 is 40.3 Å². The molecule has 1 amide bonds. The number of anilines is 1. The highest BCUT2D eigenvalue weighted by Crippen LogP contribution is 2.35. The number of benzene rings is 4. The van der Waals surface area contributed by atoms with Crippen LogP contribution in [0.1, 0.15) is 40.3 Å². The van der Waals surface area contributed by atoms with Crippen LogP contribution in [-0.2, 0) is 18.0 Å². The van der Waals surface area contributed by atoms with Crippen molar-refractivity contribution in [2.75, 3.05) is 11.9 Å². The topological polar surface area (TPSA) is 80.6 Å². The lowest BCUT2D eigenvalue weighted by Gasteiger charge is -2.15. The standard InChI is InChI=1S/C35H33IN2O4/c1-5-40-33-19-28(18-32(36)34(33)42-22-27-11-8-24(3)25(4)16-27)17-29(20-37)35(39)38-30-12-14-31(15-13-30)41-21-26-9-6-23(2)7-10-26/h6-19H,5,21-22H2,1-4H3,(H,38,39)/b29-17+. The fraction of sp³-hybridized carbons (Fsp3) is 0.200. The van der Waals surface area contributed by atoms with Gasteiger partial charge in [0.2, 0.25) is 0 Å². The Morgan fingerprint density at radius 2 is 1.55 bits per heavy atom. The number of nitriles is 1. The van der Waals surface area contributed by atoms with Crippen molar-refractivity contribution in [1.29, 1.82) is 5.26 Å². The molecule has 0 aromatic heterocycles. The summed E-state index contributed by atoms with van der Waals surface area (Å²) in [6, 6.07) is 27.1. The Morgan fingerprint density at radius 3 is 2.21 bits per heavy atom. The molecule has 7 heteroatoms. The van der Waals surface area contributed by atoms with Gasteiger partial charge in [-0.2, -0.15) is 5.26 Å². The number of amides is 1. The lowest BCUT2D eigenvalue weighted by molar-refractivity contribution is -0.112. The summed E-state index contributed by atoms with van der Waals surface area (Å²) in [5.74, 6) is 1.36. The molecule has 42 heavy (non-hydrogen) atoms. The van der Waals surface area contributed by atoms with Gasteiger partial charge in [-0.15, -0.1) is 0 Å². The van der Waals surface area contributed by atoms with E-state index in [4.69, 9.17) is 14.2 Å². The molecule has 0 heterocycles. The van der Waals surface area contributed by atoms with Gasteiger partial charge in [0, 0.05) is 5.69 Å². The van der Waals surface area contributed by atoms with Crippen molar-refractivity contribution in [3.63, 3.8) is 0 Å². The maximum atomic E-state index is 13.0. The predicted molar refractivity (Wildman–Crippen MR) is 175 cm³/mol. The second kappa shape index (κ2) is 14.6. The van der Waals surface area contributed by atoms with Crippen molar-refractivity contribution in [2.45, 2.75) is 40.9 Å². The number of carbonyl (C=O) groups excluding carboxylic acids is 1. The van der Waals surface area contributed by atoms with Crippen LogP contribution in [0.2, 0.25) is 0 Å². The predicted octanol–water partition coefficient (Wildman–Crippen LogP) is 8.32. The van der Waals surface area contributed by atoms with Gasteiger partial charge in [0.25, 0.3) is 5.91 Å². The molecule has 1 N–H and O–H groups in total. The lowest BCUT2D eigenvalue weighted by atomic mass is 10.1. The third kappa shape index (κ3) is 8.37. The summed E-state index contributed by atoms with van der Waals surface area (Å²) >= 11 is 2.19. The highest BCUT2D eigenvalue weighted by molar-refractivity contribution is 14.1. The second-order valence-electron chi connectivity index (χ2n) is 9.89. The zero-order valence-corrected chi connectivity index (χ0v) is 26.3. The number of ether oxygens (including phenoxy) is 3. The first-order valence-corrected chi connectivity index (χ1v) is 14.7. The number of halogens is 1. The Balaban J connectivity index is 1.44. The van der Waals surface area contributed by atoms with Gasteiger partial charge in [-0.05, 0) is 121 Å². The fourth-order valence-electron chi connectivity index (χ4n) is 4.12. The summed E-state index contributed by atoms with van der Waals surface area (Å²) in [5.41, 5.74) is 6.97. The number of rotatable bonds is 11. The van der Waals surface area contributed by atoms with Crippen LogP contribution < -0.4 is 19.5 Å². The molecule has 6 nitrogen and oxygen atoms in total. The molecule has 0 fully saturated rings. The van der Waals surface area contributed by atoms with Crippen LogP contribution in [0.25, 0.3) is 6.08 Å². The molecule has 0 bridgehead atoms. The van der Waals surface area contributed by atoms with Crippen molar-refractivity contribution in [3.8, 4) is 23.3 Å². The van der Waals surface area contributed by atoms with Gasteiger partial charge < -0.3 is 19.5 Å². The molecule has 0 atom stereocenters. The smallest absolute Gasteiger partial charge is 0.266 e. The number of aryl methyl sites for hydroxylation is 3. The van der Waals surface area contributed by atoms with Gasteiger partial charge in [-0.25, -0.2) is 0 Å². The van der Waals surface area contributed by atoms with Crippen LogP contribution in [0.3, 0.4) is 0 Å². The normalized spacial score (nSPS) is 11.0. The molecule has 4 aromatic carbocycles. The summed E-state index contributed by atoms with van der Waals surface area (Å²) < 4.78 is 18.7. The molecule has 0 saturated heterocycles. The summed E-state index contributed by atoms with van der Waals surface area (Å²) in [6.45, 7) is 9.39. The Bertz CT molecular complexity index is 1620. The zero-order valence-electron chi connectivity index (χ0n) is 24.2. The van der Waals surface area contributed by atoms with E-state index < -0.39 is 5.91 Å². The van der Waals surface area contributed by atoms with E-state index in [1.54, 1.807) is 36.4 Å². The van der Waals surface area contributed by atoms with Gasteiger partial charge in [0.05, 0.1) is 10.2 Å². The monoisotopic (exact) mass is 672 g/mol. The largest absolute Gasteiger partial charge is 0.490 e. The maximum absolute atomic E-state index is 13.0. The number of nitrogens with one attached hydrogen (secondary N) is 1. The summed E-state index contributed by atoms with van der Waals surface area (Å²) in [5, 5.41) is 12.6. The van der Waals surface area contributed by atoms with Crippen LogP contribution in [0, 0.1) is 35.7 Å². The van der Waals surface area contributed by atoms with Crippen LogP contribution in [-0.4, -0.2) is 12.5 Å². The molecule has 0 aliphatic carbocycles. The second-order valence-corrected chi connectivity index (χ2v) is 11.1. The minimum Gasteiger partial charge on any atom is -0.490 e. The first-order chi connectivity index (χ1) is 20.2. The van der Waals surface area contributed by atoms with Gasteiger partial charge in [0.1, 0.15) is 30.6 Å². The molecule has 214 valence electrons. The molecule has 0 radical (unpaired) electrons. The van der Waals surface area contributed by atoms with E-state index in [-0.39, 0.29) is 5.57 Å². The molecule has 4 rings (SSSR count). The van der Waals surface area contributed by atoms with Gasteiger partial charge >= 0.3 is 0 Å². The molecular weight excluding hydrogens is 639 g/mol. The Morgan fingerprint density at radius 1 is 0.857 bits per heavy atom. The molecule has 0 aliphatic rings. The summed E-state index contributed by atoms with van der Waals surface area (Å²) in [4.78, 5) is 13.0. The van der Waals surface area contributed by atoms with E-state index in [0.717, 1.165) is 14.7 Å². The molecular formula is C35H33IN2O4. The Kier molecular flexibility index (Phi) is 10.6. The molecule has 0 aliphatic heterocycles. The highest BCUT2D eigenvalue weighted by atomic mass is 127. The maximum Gasteiger partial charge on any atom is 0.266 e. The molecule has 0 unspecified atom stereocenters. The van der Waals surface area contributed by atoms with Crippen molar-refractivity contribution in [2.24, 2.45) is 0 Å². The molecule has 4 aromatic rings. The third-order valence-electron chi connectivity index (χ3n) is 6.60. The lowest BCUT2D eigenvalue weighted by Crippen LogP contribution is -2.13. The summed E-state index contributed by atoms with van der Waals surface area (Å²) in [6.07, 6.45) is 1.55. The van der Waals surface area contributed by atoms with Crippen LogP contribution in [0.5, 0.6) is 17.2 Å². The van der Waals surface area contributed by atoms with E-state index in [1.165, 1.54) is 16.7 Å². The van der Waals surface area contributed by atoms with E-state index in [2.05, 4.69) is 60.0 Å². The van der Waals surface area contributed by atoms with E-state index in [9.17, 15) is 10.1 Å². The summed E-state index contributed by atoms with van der Waals surface area (Å²) in [7, 11) is 0. The van der Waals surface area contributed by atoms with Crippen LogP contribution in [0.15, 0.2) is 84.4 Å². The van der Waals surface area contributed by atoms with Crippen LogP contribution >= 0.6 is 22.6 Å². The SMILES string of the molecule is CCOc1cc(/C=C(\C#N)C(=O)Nc2ccc(OCc3ccc(C)cc3)cc2)cc(I)c1OCc1ccc(C)c(C)c1. The van der Waals surface area contributed by atoms with E-state index >= 15 is 0 Å². The Hall–Kier alpha value is -4.29. The first-order valence-electron chi connectivity index (χ1n) is 13.6. The van der Waals surface area contributed by atoms with Crippen molar-refractivity contribution < 1.29 is 19.0 Å². The number of carbonyl (C=O) groups is 1. The highest BCUT2D eigenvalue weighted by Gasteiger charge is 2.15. The molecule has 0 saturated carbocycles. The molecule has 0 spiro atoms. The quantitative estimate of drug-likeness (QED) is 0.0985. The van der Waals surface area contributed by atoms with E-state index in [0.29, 0.717) is 48.3 Å². The van der Waals surface area contributed by atoms with Gasteiger partial charge in [0.15, 0.2) is 11.5 Å². The number of nitrogens with zero attached hydrogens (tertiary/aromatic N) is 1. The average Bonchev–Trinajstić information content (AvgIpc) is 2.98. The van der Waals surface area contributed by atoms with Crippen molar-refractivity contribution in [3.05, 3.63) is 121 Å². The number of hydrogen-bond donors (Lipinski definition) is 1. The zero-order chi connectivity index (χ0) is 30.1. The Labute approximate surface area is 261 Å². The fourth-order valence-corrected chi connectivity index (χ4v) is 4.90. The van der Waals surface area contributed by atoms with Crippen molar-refractivity contribution in [1.82, 2.24) is 0 Å². The average molecular weight is 673 g/mol. The van der Waals surface area contributed by atoms with Gasteiger partial charge in [-0.3, -0.25) is 4.79 Å². The minimum atomic E-state index is -0.506. The van der Waals surface area contributed by atoms with Crippen LogP contribution in [0.4, 0.5) is 5.69 Å². The first kappa shape index (κ1) is 30.7. The third-order valence-corrected chi connectivity index (χ3v) is 7.40. The number of hydrogen-bond acceptors (Lipinski definition) is 5.